The minimum Gasteiger partial charge on any atom is -0.493 e. The van der Waals surface area contributed by atoms with E-state index < -0.39 is 11.9 Å². The van der Waals surface area contributed by atoms with Crippen molar-refractivity contribution in [3.63, 3.8) is 0 Å². The van der Waals surface area contributed by atoms with Crippen LogP contribution in [0.2, 0.25) is 0 Å². The molecule has 0 heterocycles. The summed E-state index contributed by atoms with van der Waals surface area (Å²) < 4.78 is 16.0. The molecule has 0 spiro atoms. The van der Waals surface area contributed by atoms with Crippen molar-refractivity contribution in [2.45, 2.75) is 27.2 Å². The number of rotatable bonds is 8. The van der Waals surface area contributed by atoms with Gasteiger partial charge in [0.2, 0.25) is 0 Å². The van der Waals surface area contributed by atoms with Gasteiger partial charge in [-0.3, -0.25) is 0 Å². The molecule has 0 N–H and O–H groups in total. The highest BCUT2D eigenvalue weighted by atomic mass is 16.5. The lowest BCUT2D eigenvalue weighted by Gasteiger charge is -2.09. The molecule has 2 aromatic rings. The molecule has 2 rings (SSSR count). The average molecular weight is 356 g/mol. The van der Waals surface area contributed by atoms with Gasteiger partial charge in [-0.2, -0.15) is 0 Å². The minimum absolute atomic E-state index is 0.293. The Hall–Kier alpha value is -2.82. The van der Waals surface area contributed by atoms with Crippen molar-refractivity contribution >= 4 is 11.9 Å². The van der Waals surface area contributed by atoms with Crippen LogP contribution in [-0.4, -0.2) is 25.2 Å². The van der Waals surface area contributed by atoms with Crippen molar-refractivity contribution < 1.29 is 23.8 Å². The summed E-state index contributed by atoms with van der Waals surface area (Å²) >= 11 is 0. The first-order chi connectivity index (χ1) is 12.5. The van der Waals surface area contributed by atoms with E-state index >= 15 is 0 Å². The van der Waals surface area contributed by atoms with Crippen LogP contribution in [0.4, 0.5) is 0 Å². The number of esters is 2. The van der Waals surface area contributed by atoms with Gasteiger partial charge in [-0.05, 0) is 54.8 Å². The predicted octanol–water partition coefficient (Wildman–Crippen LogP) is 4.51. The normalized spacial score (nSPS) is 10.5. The predicted molar refractivity (Wildman–Crippen MR) is 98.7 cm³/mol. The van der Waals surface area contributed by atoms with Crippen LogP contribution in [0.1, 0.15) is 47.9 Å². The van der Waals surface area contributed by atoms with Gasteiger partial charge in [0.15, 0.2) is 0 Å². The molecule has 0 saturated heterocycles. The Kier molecular flexibility index (Phi) is 7.21. The van der Waals surface area contributed by atoms with E-state index in [-0.39, 0.29) is 0 Å². The van der Waals surface area contributed by atoms with E-state index in [1.54, 1.807) is 42.5 Å². The summed E-state index contributed by atoms with van der Waals surface area (Å²) in [5.74, 6) is 0.490. The van der Waals surface area contributed by atoms with Gasteiger partial charge in [0.25, 0.3) is 0 Å². The molecule has 0 atom stereocenters. The Bertz CT molecular complexity index is 734. The maximum Gasteiger partial charge on any atom is 0.343 e. The molecule has 0 aliphatic rings. The molecule has 2 aromatic carbocycles. The molecule has 26 heavy (non-hydrogen) atoms. The third-order valence-electron chi connectivity index (χ3n) is 3.39. The van der Waals surface area contributed by atoms with Gasteiger partial charge in [0.1, 0.15) is 11.5 Å². The van der Waals surface area contributed by atoms with Gasteiger partial charge >= 0.3 is 11.9 Å². The van der Waals surface area contributed by atoms with E-state index in [1.165, 1.54) is 6.07 Å². The molecule has 0 aliphatic carbocycles. The number of ether oxygens (including phenoxy) is 3. The summed E-state index contributed by atoms with van der Waals surface area (Å²) in [4.78, 5) is 24.1. The fourth-order valence-corrected chi connectivity index (χ4v) is 2.08. The van der Waals surface area contributed by atoms with Crippen molar-refractivity contribution in [1.29, 1.82) is 0 Å². The second-order valence-corrected chi connectivity index (χ2v) is 6.28. The third-order valence-corrected chi connectivity index (χ3v) is 3.39. The zero-order valence-electron chi connectivity index (χ0n) is 15.4. The van der Waals surface area contributed by atoms with Crippen molar-refractivity contribution in [1.82, 2.24) is 0 Å². The van der Waals surface area contributed by atoms with Crippen LogP contribution in [0, 0.1) is 5.92 Å². The van der Waals surface area contributed by atoms with E-state index in [2.05, 4.69) is 13.8 Å². The Balaban J connectivity index is 1.99. The highest BCUT2D eigenvalue weighted by Gasteiger charge is 2.12. The van der Waals surface area contributed by atoms with Crippen molar-refractivity contribution in [3.8, 4) is 11.5 Å². The summed E-state index contributed by atoms with van der Waals surface area (Å²) in [5, 5.41) is 0. The highest BCUT2D eigenvalue weighted by Crippen LogP contribution is 2.18. The largest absolute Gasteiger partial charge is 0.493 e. The van der Waals surface area contributed by atoms with Gasteiger partial charge < -0.3 is 14.2 Å². The van der Waals surface area contributed by atoms with Gasteiger partial charge in [-0.1, -0.05) is 26.8 Å². The highest BCUT2D eigenvalue weighted by molar-refractivity contribution is 5.92. The second-order valence-electron chi connectivity index (χ2n) is 6.28. The van der Waals surface area contributed by atoms with Crippen molar-refractivity contribution in [2.24, 2.45) is 5.92 Å². The Labute approximate surface area is 153 Å². The monoisotopic (exact) mass is 356 g/mol. The summed E-state index contributed by atoms with van der Waals surface area (Å²) in [7, 11) is 0. The molecule has 5 heteroatoms. The van der Waals surface area contributed by atoms with Crippen LogP contribution < -0.4 is 9.47 Å². The Morgan fingerprint density at radius 3 is 2.31 bits per heavy atom. The number of hydrogen-bond donors (Lipinski definition) is 0. The zero-order valence-corrected chi connectivity index (χ0v) is 15.4. The quantitative estimate of drug-likeness (QED) is 0.514. The van der Waals surface area contributed by atoms with Crippen LogP contribution in [0.3, 0.4) is 0 Å². The van der Waals surface area contributed by atoms with Gasteiger partial charge in [-0.15, -0.1) is 0 Å². The second kappa shape index (κ2) is 9.61. The lowest BCUT2D eigenvalue weighted by molar-refractivity contribution is 0.0503. The van der Waals surface area contributed by atoms with Gasteiger partial charge in [0, 0.05) is 0 Å². The molecule has 0 bridgehead atoms. The average Bonchev–Trinajstić information content (AvgIpc) is 2.65. The van der Waals surface area contributed by atoms with Crippen LogP contribution >= 0.6 is 0 Å². The molecule has 0 fully saturated rings. The molecule has 0 aliphatic heterocycles. The summed E-state index contributed by atoms with van der Waals surface area (Å²) in [6, 6.07) is 13.2. The fourth-order valence-electron chi connectivity index (χ4n) is 2.08. The molecular weight excluding hydrogens is 332 g/mol. The first-order valence-corrected chi connectivity index (χ1v) is 8.71. The molecule has 0 unspecified atom stereocenters. The molecule has 0 saturated carbocycles. The molecule has 0 amide bonds. The van der Waals surface area contributed by atoms with E-state index in [0.29, 0.717) is 41.8 Å². The van der Waals surface area contributed by atoms with Crippen LogP contribution in [0.15, 0.2) is 48.5 Å². The summed E-state index contributed by atoms with van der Waals surface area (Å²) in [6.07, 6.45) is 0.747. The zero-order chi connectivity index (χ0) is 18.9. The smallest absolute Gasteiger partial charge is 0.343 e. The van der Waals surface area contributed by atoms with Crippen LogP contribution in [0.5, 0.6) is 11.5 Å². The number of hydrogen-bond acceptors (Lipinski definition) is 5. The molecule has 5 nitrogen and oxygen atoms in total. The van der Waals surface area contributed by atoms with Crippen LogP contribution in [0.25, 0.3) is 0 Å². The number of carbonyl (C=O) groups excluding carboxylic acids is 2. The maximum atomic E-state index is 12.3. The fraction of sp³-hybridized carbons (Fsp3) is 0.333. The first kappa shape index (κ1) is 19.5. The molecule has 138 valence electrons. The van der Waals surface area contributed by atoms with E-state index in [4.69, 9.17) is 14.2 Å². The minimum atomic E-state index is -0.500. The maximum absolute atomic E-state index is 12.3. The summed E-state index contributed by atoms with van der Waals surface area (Å²) in [5.41, 5.74) is 0.752. The standard InChI is InChI=1S/C21H24O5/c1-4-12-24-20(22)17-6-5-7-19(13-17)26-21(23)16-8-10-18(11-9-16)25-14-15(2)3/h5-11,13,15H,4,12,14H2,1-3H3. The van der Waals surface area contributed by atoms with E-state index in [9.17, 15) is 9.59 Å². The lowest BCUT2D eigenvalue weighted by Crippen LogP contribution is -2.10. The lowest BCUT2D eigenvalue weighted by atomic mass is 10.2. The first-order valence-electron chi connectivity index (χ1n) is 8.71. The van der Waals surface area contributed by atoms with Crippen molar-refractivity contribution in [3.05, 3.63) is 59.7 Å². The topological polar surface area (TPSA) is 61.8 Å². The number of benzene rings is 2. The van der Waals surface area contributed by atoms with Crippen molar-refractivity contribution in [2.75, 3.05) is 13.2 Å². The summed E-state index contributed by atoms with van der Waals surface area (Å²) in [6.45, 7) is 7.03. The van der Waals surface area contributed by atoms with Crippen LogP contribution in [-0.2, 0) is 4.74 Å². The van der Waals surface area contributed by atoms with E-state index in [1.807, 2.05) is 6.92 Å². The van der Waals surface area contributed by atoms with Gasteiger partial charge in [0.05, 0.1) is 24.3 Å². The molecule has 0 radical (unpaired) electrons. The van der Waals surface area contributed by atoms with E-state index in [0.717, 1.165) is 6.42 Å². The molecule has 0 aromatic heterocycles. The SMILES string of the molecule is CCCOC(=O)c1cccc(OC(=O)c2ccc(OCC(C)C)cc2)c1. The Morgan fingerprint density at radius 2 is 1.65 bits per heavy atom. The third kappa shape index (κ3) is 5.92. The Morgan fingerprint density at radius 1 is 0.923 bits per heavy atom. The molecular formula is C21H24O5. The van der Waals surface area contributed by atoms with Gasteiger partial charge in [-0.25, -0.2) is 9.59 Å². The number of carbonyl (C=O) groups is 2.